The second-order valence-corrected chi connectivity index (χ2v) is 7.59. The van der Waals surface area contributed by atoms with Crippen LogP contribution >= 0.6 is 15.9 Å². The quantitative estimate of drug-likeness (QED) is 0.657. The minimum absolute atomic E-state index is 0.541. The van der Waals surface area contributed by atoms with Gasteiger partial charge in [0.15, 0.2) is 0 Å². The number of benzene rings is 1. The lowest BCUT2D eigenvalue weighted by Gasteiger charge is -2.29. The van der Waals surface area contributed by atoms with E-state index in [4.69, 9.17) is 14.6 Å². The molecule has 5 rings (SSSR count). The van der Waals surface area contributed by atoms with Gasteiger partial charge in [-0.25, -0.2) is 9.59 Å². The highest BCUT2D eigenvalue weighted by atomic mass is 79.9. The van der Waals surface area contributed by atoms with Crippen molar-refractivity contribution in [3.63, 3.8) is 0 Å². The minimum Gasteiger partial charge on any atom is -0.478 e. The Labute approximate surface area is 175 Å². The summed E-state index contributed by atoms with van der Waals surface area (Å²) in [4.78, 5) is 23.9. The van der Waals surface area contributed by atoms with Crippen LogP contribution in [0.15, 0.2) is 45.3 Å². The van der Waals surface area contributed by atoms with Crippen LogP contribution in [0.2, 0.25) is 0 Å². The number of halogens is 1. The fourth-order valence-corrected chi connectivity index (χ4v) is 3.75. The number of rotatable bonds is 4. The van der Waals surface area contributed by atoms with Crippen LogP contribution in [0.3, 0.4) is 0 Å². The molecule has 10 heteroatoms. The van der Waals surface area contributed by atoms with E-state index in [-0.39, 0.29) is 0 Å². The summed E-state index contributed by atoms with van der Waals surface area (Å²) in [5.41, 5.74) is 0.950. The highest BCUT2D eigenvalue weighted by molar-refractivity contribution is 9.10. The first-order valence-electron chi connectivity index (χ1n) is 9.15. The third kappa shape index (κ3) is 5.88. The van der Waals surface area contributed by atoms with Gasteiger partial charge in [0.1, 0.15) is 0 Å². The number of aromatic nitrogens is 2. The number of hydrogen-bond acceptors (Lipinski definition) is 7. The highest BCUT2D eigenvalue weighted by Crippen LogP contribution is 2.29. The van der Waals surface area contributed by atoms with E-state index in [1.54, 1.807) is 0 Å². The molecule has 0 radical (unpaired) electrons. The standard InChI is InChI=1S/C15H17BrN4O.C4H4O4/c16-12-3-1-2-11(10-12)14-17-18-15(21-14)20-9-8-19-6-4-13(20)5-7-19;5-3(6)1-2-4(7)8/h1-3,10,13H,4-9H2;1-2H,(H,5,6)(H,7,8)/b;2-1+. The molecule has 0 unspecified atom stereocenters. The minimum atomic E-state index is -1.26. The number of carboxylic acid groups (broad SMARTS) is 2. The normalized spacial score (nSPS) is 20.8. The Morgan fingerprint density at radius 1 is 1.07 bits per heavy atom. The molecule has 1 aromatic heterocycles. The summed E-state index contributed by atoms with van der Waals surface area (Å²) in [6.45, 7) is 4.44. The predicted octanol–water partition coefficient (Wildman–Crippen LogP) is 2.50. The maximum Gasteiger partial charge on any atom is 0.328 e. The van der Waals surface area contributed by atoms with Crippen molar-refractivity contribution in [2.45, 2.75) is 18.9 Å². The summed E-state index contributed by atoms with van der Waals surface area (Å²) in [5.74, 6) is -1.93. The maximum atomic E-state index is 9.55. The molecule has 1 aromatic carbocycles. The molecule has 3 saturated heterocycles. The maximum absolute atomic E-state index is 9.55. The van der Waals surface area contributed by atoms with E-state index >= 15 is 0 Å². The number of aliphatic carboxylic acids is 2. The molecule has 0 atom stereocenters. The number of carbonyl (C=O) groups is 2. The average Bonchev–Trinajstić information content (AvgIpc) is 2.99. The molecule has 3 fully saturated rings. The van der Waals surface area contributed by atoms with Gasteiger partial charge in [0.2, 0.25) is 5.89 Å². The van der Waals surface area contributed by atoms with Crippen LogP contribution in [-0.2, 0) is 9.59 Å². The van der Waals surface area contributed by atoms with Crippen molar-refractivity contribution in [3.05, 3.63) is 40.9 Å². The predicted molar refractivity (Wildman–Crippen MR) is 109 cm³/mol. The van der Waals surface area contributed by atoms with Gasteiger partial charge in [-0.3, -0.25) is 0 Å². The third-order valence-electron chi connectivity index (χ3n) is 4.76. The van der Waals surface area contributed by atoms with Crippen LogP contribution in [0.4, 0.5) is 6.01 Å². The lowest BCUT2D eigenvalue weighted by atomic mass is 10.1. The summed E-state index contributed by atoms with van der Waals surface area (Å²) >= 11 is 3.47. The van der Waals surface area contributed by atoms with Crippen molar-refractivity contribution in [2.24, 2.45) is 0 Å². The van der Waals surface area contributed by atoms with Gasteiger partial charge in [-0.05, 0) is 31.0 Å². The largest absolute Gasteiger partial charge is 0.478 e. The number of nitrogens with zero attached hydrogens (tertiary/aromatic N) is 4. The Morgan fingerprint density at radius 3 is 2.38 bits per heavy atom. The molecule has 154 valence electrons. The fourth-order valence-electron chi connectivity index (χ4n) is 3.35. The van der Waals surface area contributed by atoms with E-state index < -0.39 is 11.9 Å². The highest BCUT2D eigenvalue weighted by Gasteiger charge is 2.31. The van der Waals surface area contributed by atoms with Crippen molar-refractivity contribution in [1.82, 2.24) is 15.1 Å². The van der Waals surface area contributed by atoms with Gasteiger partial charge in [-0.1, -0.05) is 27.1 Å². The van der Waals surface area contributed by atoms with Crippen molar-refractivity contribution >= 4 is 33.9 Å². The first kappa shape index (κ1) is 21.0. The number of piperidine rings is 1. The topological polar surface area (TPSA) is 120 Å². The summed E-state index contributed by atoms with van der Waals surface area (Å²) in [6, 6.07) is 9.16. The number of carboxylic acids is 2. The Balaban J connectivity index is 0.000000258. The monoisotopic (exact) mass is 464 g/mol. The first-order chi connectivity index (χ1) is 13.9. The summed E-state index contributed by atoms with van der Waals surface area (Å²) in [7, 11) is 0. The van der Waals surface area contributed by atoms with Gasteiger partial charge in [0, 0.05) is 54.4 Å². The molecule has 3 aliphatic rings. The van der Waals surface area contributed by atoms with Gasteiger partial charge < -0.3 is 24.4 Å². The summed E-state index contributed by atoms with van der Waals surface area (Å²) in [6.07, 6.45) is 3.49. The second-order valence-electron chi connectivity index (χ2n) is 6.68. The molecule has 4 heterocycles. The Hall–Kier alpha value is -2.72. The lowest BCUT2D eigenvalue weighted by Crippen LogP contribution is -2.38. The molecule has 2 bridgehead atoms. The van der Waals surface area contributed by atoms with Crippen LogP contribution in [-0.4, -0.2) is 69.5 Å². The molecule has 0 saturated carbocycles. The zero-order chi connectivity index (χ0) is 20.8. The third-order valence-corrected chi connectivity index (χ3v) is 5.25. The van der Waals surface area contributed by atoms with Crippen LogP contribution in [0.25, 0.3) is 11.5 Å². The number of fused-ring (bicyclic) bond motifs is 4. The van der Waals surface area contributed by atoms with Crippen LogP contribution in [0, 0.1) is 0 Å². The zero-order valence-corrected chi connectivity index (χ0v) is 17.2. The Bertz CT molecular complexity index is 876. The average molecular weight is 465 g/mol. The van der Waals surface area contributed by atoms with Gasteiger partial charge >= 0.3 is 18.0 Å². The summed E-state index contributed by atoms with van der Waals surface area (Å²) in [5, 5.41) is 24.1. The molecule has 0 aliphatic carbocycles. The van der Waals surface area contributed by atoms with Crippen LogP contribution in [0.1, 0.15) is 12.8 Å². The number of hydrogen-bond donors (Lipinski definition) is 2. The van der Waals surface area contributed by atoms with Gasteiger partial charge in [0.05, 0.1) is 0 Å². The molecule has 29 heavy (non-hydrogen) atoms. The van der Waals surface area contributed by atoms with E-state index in [1.807, 2.05) is 24.3 Å². The lowest BCUT2D eigenvalue weighted by molar-refractivity contribution is -0.134. The molecule has 0 amide bonds. The fraction of sp³-hybridized carbons (Fsp3) is 0.368. The molecule has 3 aliphatic heterocycles. The SMILES string of the molecule is Brc1cccc(-c2nnc(N3CCN4CCC3CC4)o2)c1.O=C(O)/C=C/C(=O)O. The van der Waals surface area contributed by atoms with Crippen molar-refractivity contribution in [3.8, 4) is 11.5 Å². The van der Waals surface area contributed by atoms with Crippen molar-refractivity contribution in [1.29, 1.82) is 0 Å². The molecule has 2 N–H and O–H groups in total. The molecule has 2 aromatic rings. The van der Waals surface area contributed by atoms with Crippen LogP contribution < -0.4 is 4.90 Å². The van der Waals surface area contributed by atoms with Gasteiger partial charge in [-0.15, -0.1) is 5.10 Å². The number of anilines is 1. The Morgan fingerprint density at radius 2 is 1.76 bits per heavy atom. The molecular weight excluding hydrogens is 444 g/mol. The molecule has 9 nitrogen and oxygen atoms in total. The van der Waals surface area contributed by atoms with Gasteiger partial charge in [0.25, 0.3) is 0 Å². The van der Waals surface area contributed by atoms with E-state index in [9.17, 15) is 9.59 Å². The van der Waals surface area contributed by atoms with E-state index in [1.165, 1.54) is 25.9 Å². The Kier molecular flexibility index (Phi) is 6.99. The molecular formula is C19H21BrN4O5. The van der Waals surface area contributed by atoms with Crippen molar-refractivity contribution in [2.75, 3.05) is 31.1 Å². The van der Waals surface area contributed by atoms with E-state index in [2.05, 4.69) is 35.9 Å². The smallest absolute Gasteiger partial charge is 0.328 e. The van der Waals surface area contributed by atoms with E-state index in [0.29, 0.717) is 30.1 Å². The van der Waals surface area contributed by atoms with E-state index in [0.717, 1.165) is 23.1 Å². The molecule has 0 spiro atoms. The van der Waals surface area contributed by atoms with Gasteiger partial charge in [-0.2, -0.15) is 0 Å². The summed E-state index contributed by atoms with van der Waals surface area (Å²) < 4.78 is 6.95. The van der Waals surface area contributed by atoms with Crippen LogP contribution in [0.5, 0.6) is 0 Å². The first-order valence-corrected chi connectivity index (χ1v) is 9.94. The zero-order valence-electron chi connectivity index (χ0n) is 15.6. The van der Waals surface area contributed by atoms with Crippen molar-refractivity contribution < 1.29 is 24.2 Å². The second kappa shape index (κ2) is 9.66.